The van der Waals surface area contributed by atoms with Gasteiger partial charge in [-0.3, -0.25) is 4.98 Å². The summed E-state index contributed by atoms with van der Waals surface area (Å²) in [6.07, 6.45) is 11.1. The molecule has 0 bridgehead atoms. The fourth-order valence-electron chi connectivity index (χ4n) is 4.54. The van der Waals surface area contributed by atoms with Crippen molar-refractivity contribution >= 4 is 28.2 Å². The van der Waals surface area contributed by atoms with Crippen LogP contribution in [0.5, 0.6) is 0 Å². The summed E-state index contributed by atoms with van der Waals surface area (Å²) in [7, 11) is 0. The van der Waals surface area contributed by atoms with E-state index in [0.29, 0.717) is 6.04 Å². The SMILES string of the molecule is Cc1ccc2[nH]c(C)c(CCN(Cc3ccncc3)C(=S)NC3CCCCC3)c2c1. The minimum absolute atomic E-state index is 0.517. The molecule has 30 heavy (non-hydrogen) atoms. The van der Waals surface area contributed by atoms with Crippen molar-refractivity contribution in [2.24, 2.45) is 0 Å². The van der Waals surface area contributed by atoms with Crippen LogP contribution >= 0.6 is 12.2 Å². The zero-order chi connectivity index (χ0) is 20.9. The molecule has 0 aliphatic heterocycles. The van der Waals surface area contributed by atoms with Crippen molar-refractivity contribution in [3.05, 3.63) is 65.1 Å². The Balaban J connectivity index is 1.51. The predicted molar refractivity (Wildman–Crippen MR) is 129 cm³/mol. The molecule has 1 fully saturated rings. The summed E-state index contributed by atoms with van der Waals surface area (Å²) < 4.78 is 0. The van der Waals surface area contributed by atoms with Crippen molar-refractivity contribution in [1.29, 1.82) is 0 Å². The number of thiocarbonyl (C=S) groups is 1. The van der Waals surface area contributed by atoms with E-state index >= 15 is 0 Å². The summed E-state index contributed by atoms with van der Waals surface area (Å²) in [4.78, 5) is 10.0. The molecule has 1 aromatic carbocycles. The van der Waals surface area contributed by atoms with Crippen LogP contribution in [0.25, 0.3) is 10.9 Å². The third-order valence-corrected chi connectivity index (χ3v) is 6.63. The van der Waals surface area contributed by atoms with Crippen LogP contribution < -0.4 is 5.32 Å². The van der Waals surface area contributed by atoms with Gasteiger partial charge >= 0.3 is 0 Å². The lowest BCUT2D eigenvalue weighted by Crippen LogP contribution is -2.45. The van der Waals surface area contributed by atoms with Gasteiger partial charge in [-0.15, -0.1) is 0 Å². The first-order valence-corrected chi connectivity index (χ1v) is 11.5. The van der Waals surface area contributed by atoms with Gasteiger partial charge in [0.05, 0.1) is 0 Å². The largest absolute Gasteiger partial charge is 0.360 e. The van der Waals surface area contributed by atoms with Gasteiger partial charge in [0, 0.05) is 48.1 Å². The third kappa shape index (κ3) is 5.01. The Bertz CT molecular complexity index is 989. The van der Waals surface area contributed by atoms with E-state index in [1.54, 1.807) is 0 Å². The number of aryl methyl sites for hydroxylation is 2. The molecule has 0 unspecified atom stereocenters. The summed E-state index contributed by atoms with van der Waals surface area (Å²) in [6.45, 7) is 6.03. The van der Waals surface area contributed by atoms with Crippen LogP contribution in [0.3, 0.4) is 0 Å². The monoisotopic (exact) mass is 420 g/mol. The van der Waals surface area contributed by atoms with E-state index in [4.69, 9.17) is 12.2 Å². The maximum Gasteiger partial charge on any atom is 0.169 e. The molecule has 5 heteroatoms. The van der Waals surface area contributed by atoms with Gasteiger partial charge in [0.1, 0.15) is 0 Å². The fraction of sp³-hybridized carbons (Fsp3) is 0.440. The Morgan fingerprint density at radius 1 is 1.13 bits per heavy atom. The number of hydrogen-bond donors (Lipinski definition) is 2. The first-order valence-electron chi connectivity index (χ1n) is 11.1. The standard InChI is InChI=1S/C25H32N4S/c1-18-8-9-24-23(16-18)22(19(2)27-24)12-15-29(17-20-10-13-26-14-11-20)25(30)28-21-6-4-3-5-7-21/h8-11,13-14,16,21,27H,3-7,12,15,17H2,1-2H3,(H,28,30). The van der Waals surface area contributed by atoms with E-state index < -0.39 is 0 Å². The van der Waals surface area contributed by atoms with E-state index in [2.05, 4.69) is 64.4 Å². The molecule has 0 saturated heterocycles. The van der Waals surface area contributed by atoms with Crippen molar-refractivity contribution in [2.45, 2.75) is 65.0 Å². The second-order valence-electron chi connectivity index (χ2n) is 8.59. The van der Waals surface area contributed by atoms with Crippen LogP contribution in [0.1, 0.15) is 54.5 Å². The maximum absolute atomic E-state index is 5.89. The Morgan fingerprint density at radius 2 is 1.90 bits per heavy atom. The molecule has 1 aliphatic carbocycles. The molecule has 2 heterocycles. The predicted octanol–water partition coefficient (Wildman–Crippen LogP) is 5.43. The van der Waals surface area contributed by atoms with Crippen LogP contribution in [0.15, 0.2) is 42.7 Å². The molecule has 0 spiro atoms. The van der Waals surface area contributed by atoms with Crippen LogP contribution in [-0.4, -0.2) is 32.6 Å². The van der Waals surface area contributed by atoms with Crippen molar-refractivity contribution in [3.63, 3.8) is 0 Å². The van der Waals surface area contributed by atoms with Crippen molar-refractivity contribution in [1.82, 2.24) is 20.2 Å². The average molecular weight is 421 g/mol. The summed E-state index contributed by atoms with van der Waals surface area (Å²) in [5.74, 6) is 0. The van der Waals surface area contributed by atoms with Crippen LogP contribution in [0.2, 0.25) is 0 Å². The Morgan fingerprint density at radius 3 is 2.67 bits per heavy atom. The van der Waals surface area contributed by atoms with E-state index in [1.807, 2.05) is 12.4 Å². The van der Waals surface area contributed by atoms with Gasteiger partial charge in [-0.1, -0.05) is 30.9 Å². The average Bonchev–Trinajstić information content (AvgIpc) is 3.07. The zero-order valence-corrected chi connectivity index (χ0v) is 18.9. The fourth-order valence-corrected chi connectivity index (χ4v) is 4.86. The number of rotatable bonds is 6. The van der Waals surface area contributed by atoms with Crippen LogP contribution in [0, 0.1) is 13.8 Å². The molecule has 1 saturated carbocycles. The van der Waals surface area contributed by atoms with Gasteiger partial charge in [-0.25, -0.2) is 0 Å². The molecule has 4 nitrogen and oxygen atoms in total. The van der Waals surface area contributed by atoms with Crippen molar-refractivity contribution in [3.8, 4) is 0 Å². The number of pyridine rings is 1. The third-order valence-electron chi connectivity index (χ3n) is 6.25. The molecule has 4 rings (SSSR count). The van der Waals surface area contributed by atoms with E-state index in [-0.39, 0.29) is 0 Å². The molecule has 0 atom stereocenters. The highest BCUT2D eigenvalue weighted by Gasteiger charge is 2.19. The highest BCUT2D eigenvalue weighted by molar-refractivity contribution is 7.80. The molecule has 1 aliphatic rings. The normalized spacial score (nSPS) is 14.7. The molecule has 0 amide bonds. The number of nitrogens with one attached hydrogen (secondary N) is 2. The smallest absolute Gasteiger partial charge is 0.169 e. The first kappa shape index (κ1) is 20.9. The zero-order valence-electron chi connectivity index (χ0n) is 18.1. The Hall–Kier alpha value is -2.40. The topological polar surface area (TPSA) is 44.0 Å². The van der Waals surface area contributed by atoms with Gasteiger partial charge < -0.3 is 15.2 Å². The van der Waals surface area contributed by atoms with Gasteiger partial charge in [0.2, 0.25) is 0 Å². The minimum Gasteiger partial charge on any atom is -0.360 e. The molecule has 2 N–H and O–H groups in total. The van der Waals surface area contributed by atoms with Crippen molar-refractivity contribution < 1.29 is 0 Å². The summed E-state index contributed by atoms with van der Waals surface area (Å²) >= 11 is 5.89. The Labute approximate surface area is 185 Å². The second kappa shape index (κ2) is 9.61. The lowest BCUT2D eigenvalue weighted by atomic mass is 9.96. The summed E-state index contributed by atoms with van der Waals surface area (Å²) in [6, 6.07) is 11.3. The summed E-state index contributed by atoms with van der Waals surface area (Å²) in [5.41, 5.74) is 6.41. The number of aromatic nitrogens is 2. The van der Waals surface area contributed by atoms with Gasteiger partial charge in [0.15, 0.2) is 5.11 Å². The summed E-state index contributed by atoms with van der Waals surface area (Å²) in [5, 5.41) is 5.88. The highest BCUT2D eigenvalue weighted by Crippen LogP contribution is 2.24. The van der Waals surface area contributed by atoms with E-state index in [1.165, 1.54) is 65.4 Å². The van der Waals surface area contributed by atoms with Crippen LogP contribution in [0.4, 0.5) is 0 Å². The number of nitrogens with zero attached hydrogens (tertiary/aromatic N) is 2. The van der Waals surface area contributed by atoms with Gasteiger partial charge in [0.25, 0.3) is 0 Å². The molecule has 3 aromatic rings. The lowest BCUT2D eigenvalue weighted by Gasteiger charge is -2.31. The van der Waals surface area contributed by atoms with Crippen LogP contribution in [-0.2, 0) is 13.0 Å². The van der Waals surface area contributed by atoms with E-state index in [9.17, 15) is 0 Å². The number of benzene rings is 1. The number of hydrogen-bond acceptors (Lipinski definition) is 2. The highest BCUT2D eigenvalue weighted by atomic mass is 32.1. The second-order valence-corrected chi connectivity index (χ2v) is 8.98. The number of aromatic amines is 1. The number of H-pyrrole nitrogens is 1. The quantitative estimate of drug-likeness (QED) is 0.522. The molecule has 158 valence electrons. The van der Waals surface area contributed by atoms with Gasteiger partial charge in [-0.2, -0.15) is 0 Å². The van der Waals surface area contributed by atoms with E-state index in [0.717, 1.165) is 24.6 Å². The molecule has 2 aromatic heterocycles. The first-order chi connectivity index (χ1) is 14.6. The molecular formula is C25H32N4S. The van der Waals surface area contributed by atoms with Gasteiger partial charge in [-0.05, 0) is 80.7 Å². The minimum atomic E-state index is 0.517. The molecular weight excluding hydrogens is 388 g/mol. The Kier molecular flexibility index (Phi) is 6.68. The maximum atomic E-state index is 5.89. The lowest BCUT2D eigenvalue weighted by molar-refractivity contribution is 0.369. The van der Waals surface area contributed by atoms with Crippen molar-refractivity contribution in [2.75, 3.05) is 6.54 Å². The molecule has 0 radical (unpaired) electrons. The number of fused-ring (bicyclic) bond motifs is 1.